The molecule has 1 aromatic heterocycles. The predicted octanol–water partition coefficient (Wildman–Crippen LogP) is 3.67. The highest BCUT2D eigenvalue weighted by Crippen LogP contribution is 2.36. The first kappa shape index (κ1) is 12.0. The van der Waals surface area contributed by atoms with Crippen LogP contribution in [0.3, 0.4) is 0 Å². The first-order valence-electron chi connectivity index (χ1n) is 4.56. The van der Waals surface area contributed by atoms with Gasteiger partial charge < -0.3 is 0 Å². The number of aromatic nitrogens is 2. The number of aryl methyl sites for hydroxylation is 1. The second kappa shape index (κ2) is 4.06. The topological polar surface area (TPSA) is 25.8 Å². The molecule has 0 bridgehead atoms. The van der Waals surface area contributed by atoms with Crippen molar-refractivity contribution in [1.82, 2.24) is 10.2 Å². The van der Waals surface area contributed by atoms with Gasteiger partial charge in [0.1, 0.15) is 10.8 Å². The Bertz CT molecular complexity index is 547. The van der Waals surface area contributed by atoms with E-state index in [9.17, 15) is 17.6 Å². The summed E-state index contributed by atoms with van der Waals surface area (Å²) >= 11 is 1.04. The largest absolute Gasteiger partial charge is 0.419 e. The number of rotatable bonds is 1. The summed E-state index contributed by atoms with van der Waals surface area (Å²) in [5.74, 6) is -1.31. The van der Waals surface area contributed by atoms with Gasteiger partial charge in [-0.15, -0.1) is 10.2 Å². The standard InChI is InChI=1S/C10H6F4N2S/c1-5-15-16-9(17-5)6-3-2-4-7(8(6)11)10(12,13)14/h2-4H,1H3. The molecule has 2 nitrogen and oxygen atoms in total. The number of hydrogen-bond acceptors (Lipinski definition) is 3. The number of benzene rings is 1. The van der Waals surface area contributed by atoms with Crippen molar-refractivity contribution in [3.05, 3.63) is 34.6 Å². The molecular formula is C10H6F4N2S. The first-order chi connectivity index (χ1) is 7.89. The van der Waals surface area contributed by atoms with E-state index in [1.165, 1.54) is 6.07 Å². The second-order valence-electron chi connectivity index (χ2n) is 3.29. The van der Waals surface area contributed by atoms with Gasteiger partial charge >= 0.3 is 6.18 Å². The molecule has 2 aromatic rings. The lowest BCUT2D eigenvalue weighted by Gasteiger charge is -2.09. The van der Waals surface area contributed by atoms with E-state index >= 15 is 0 Å². The van der Waals surface area contributed by atoms with Crippen molar-refractivity contribution in [1.29, 1.82) is 0 Å². The van der Waals surface area contributed by atoms with E-state index in [0.29, 0.717) is 11.1 Å². The molecule has 0 saturated carbocycles. The summed E-state index contributed by atoms with van der Waals surface area (Å²) in [6.45, 7) is 1.65. The number of nitrogens with zero attached hydrogens (tertiary/aromatic N) is 2. The van der Waals surface area contributed by atoms with Gasteiger partial charge in [0.2, 0.25) is 0 Å². The van der Waals surface area contributed by atoms with Crippen LogP contribution < -0.4 is 0 Å². The molecule has 17 heavy (non-hydrogen) atoms. The molecule has 0 N–H and O–H groups in total. The first-order valence-corrected chi connectivity index (χ1v) is 5.37. The van der Waals surface area contributed by atoms with Gasteiger partial charge in [-0.3, -0.25) is 0 Å². The van der Waals surface area contributed by atoms with Crippen LogP contribution in [0.15, 0.2) is 18.2 Å². The van der Waals surface area contributed by atoms with Crippen LogP contribution >= 0.6 is 11.3 Å². The van der Waals surface area contributed by atoms with Crippen LogP contribution in [0, 0.1) is 12.7 Å². The Labute approximate surface area is 97.9 Å². The van der Waals surface area contributed by atoms with Crippen LogP contribution in [0.25, 0.3) is 10.6 Å². The van der Waals surface area contributed by atoms with Crippen molar-refractivity contribution in [2.45, 2.75) is 13.1 Å². The van der Waals surface area contributed by atoms with E-state index in [-0.39, 0.29) is 10.6 Å². The zero-order chi connectivity index (χ0) is 12.6. The van der Waals surface area contributed by atoms with Gasteiger partial charge in [0.15, 0.2) is 5.01 Å². The van der Waals surface area contributed by atoms with Crippen molar-refractivity contribution in [2.24, 2.45) is 0 Å². The van der Waals surface area contributed by atoms with Gasteiger partial charge in [0.25, 0.3) is 0 Å². The molecule has 0 aliphatic carbocycles. The van der Waals surface area contributed by atoms with E-state index in [1.54, 1.807) is 6.92 Å². The minimum atomic E-state index is -4.71. The van der Waals surface area contributed by atoms with Crippen molar-refractivity contribution in [3.8, 4) is 10.6 Å². The van der Waals surface area contributed by atoms with Crippen molar-refractivity contribution in [3.63, 3.8) is 0 Å². The fourth-order valence-corrected chi connectivity index (χ4v) is 2.03. The third-order valence-corrected chi connectivity index (χ3v) is 2.93. The van der Waals surface area contributed by atoms with E-state index in [4.69, 9.17) is 0 Å². The molecule has 90 valence electrons. The quantitative estimate of drug-likeness (QED) is 0.733. The van der Waals surface area contributed by atoms with E-state index in [2.05, 4.69) is 10.2 Å². The normalized spacial score (nSPS) is 11.8. The van der Waals surface area contributed by atoms with Crippen LogP contribution in [0.1, 0.15) is 10.6 Å². The lowest BCUT2D eigenvalue weighted by molar-refractivity contribution is -0.139. The predicted molar refractivity (Wildman–Crippen MR) is 55.0 cm³/mol. The summed E-state index contributed by atoms with van der Waals surface area (Å²) in [6.07, 6.45) is -4.71. The molecule has 2 rings (SSSR count). The smallest absolute Gasteiger partial charge is 0.206 e. The van der Waals surface area contributed by atoms with Crippen LogP contribution in [0.4, 0.5) is 17.6 Å². The van der Waals surface area contributed by atoms with Gasteiger partial charge in [0.05, 0.1) is 5.56 Å². The molecule has 7 heteroatoms. The molecule has 1 heterocycles. The average molecular weight is 262 g/mol. The van der Waals surface area contributed by atoms with Gasteiger partial charge in [-0.05, 0) is 19.1 Å². The molecule has 0 aliphatic rings. The fraction of sp³-hybridized carbons (Fsp3) is 0.200. The lowest BCUT2D eigenvalue weighted by atomic mass is 10.1. The lowest BCUT2D eigenvalue weighted by Crippen LogP contribution is -2.08. The van der Waals surface area contributed by atoms with Gasteiger partial charge in [-0.1, -0.05) is 17.4 Å². The average Bonchev–Trinajstić information content (AvgIpc) is 2.63. The minimum Gasteiger partial charge on any atom is -0.206 e. The van der Waals surface area contributed by atoms with Crippen LogP contribution in [-0.4, -0.2) is 10.2 Å². The van der Waals surface area contributed by atoms with Crippen molar-refractivity contribution < 1.29 is 17.6 Å². The Morgan fingerprint density at radius 3 is 2.41 bits per heavy atom. The highest BCUT2D eigenvalue weighted by molar-refractivity contribution is 7.14. The molecule has 0 radical (unpaired) electrons. The SMILES string of the molecule is Cc1nnc(-c2cccc(C(F)(F)F)c2F)s1. The molecule has 0 saturated heterocycles. The minimum absolute atomic E-state index is 0.145. The van der Waals surface area contributed by atoms with Gasteiger partial charge in [-0.25, -0.2) is 4.39 Å². The Hall–Kier alpha value is -1.50. The monoisotopic (exact) mass is 262 g/mol. The summed E-state index contributed by atoms with van der Waals surface area (Å²) in [6, 6.07) is 3.11. The Balaban J connectivity index is 2.57. The Morgan fingerprint density at radius 2 is 1.88 bits per heavy atom. The van der Waals surface area contributed by atoms with Crippen molar-refractivity contribution in [2.75, 3.05) is 0 Å². The van der Waals surface area contributed by atoms with E-state index in [1.807, 2.05) is 0 Å². The summed E-state index contributed by atoms with van der Waals surface area (Å²) in [5, 5.41) is 7.99. The summed E-state index contributed by atoms with van der Waals surface area (Å²) < 4.78 is 51.1. The molecule has 0 aliphatic heterocycles. The van der Waals surface area contributed by atoms with Crippen LogP contribution in [0.2, 0.25) is 0 Å². The maximum absolute atomic E-state index is 13.7. The number of alkyl halides is 3. The fourth-order valence-electron chi connectivity index (χ4n) is 1.32. The third kappa shape index (κ3) is 2.28. The molecular weight excluding hydrogens is 256 g/mol. The zero-order valence-electron chi connectivity index (χ0n) is 8.55. The summed E-state index contributed by atoms with van der Waals surface area (Å²) in [4.78, 5) is 0. The highest BCUT2D eigenvalue weighted by Gasteiger charge is 2.35. The molecule has 0 spiro atoms. The molecule has 0 unspecified atom stereocenters. The summed E-state index contributed by atoms with van der Waals surface area (Å²) in [7, 11) is 0. The number of hydrogen-bond donors (Lipinski definition) is 0. The highest BCUT2D eigenvalue weighted by atomic mass is 32.1. The Morgan fingerprint density at radius 1 is 1.18 bits per heavy atom. The third-order valence-electron chi connectivity index (χ3n) is 2.06. The van der Waals surface area contributed by atoms with Crippen LogP contribution in [-0.2, 0) is 6.18 Å². The number of halogens is 4. The van der Waals surface area contributed by atoms with E-state index in [0.717, 1.165) is 17.4 Å². The van der Waals surface area contributed by atoms with Crippen molar-refractivity contribution >= 4 is 11.3 Å². The van der Waals surface area contributed by atoms with Gasteiger partial charge in [-0.2, -0.15) is 13.2 Å². The molecule has 0 atom stereocenters. The maximum Gasteiger partial charge on any atom is 0.419 e. The van der Waals surface area contributed by atoms with Crippen LogP contribution in [0.5, 0.6) is 0 Å². The zero-order valence-corrected chi connectivity index (χ0v) is 9.36. The second-order valence-corrected chi connectivity index (χ2v) is 4.47. The molecule has 1 aromatic carbocycles. The summed E-state index contributed by atoms with van der Waals surface area (Å²) in [5.41, 5.74) is -1.46. The van der Waals surface area contributed by atoms with E-state index < -0.39 is 17.6 Å². The molecule has 0 fully saturated rings. The maximum atomic E-state index is 13.7. The van der Waals surface area contributed by atoms with Gasteiger partial charge in [0, 0.05) is 5.56 Å². The molecule has 0 amide bonds. The Kier molecular flexibility index (Phi) is 2.86.